The highest BCUT2D eigenvalue weighted by atomic mass is 16.5. The summed E-state index contributed by atoms with van der Waals surface area (Å²) in [7, 11) is 1.62. The van der Waals surface area contributed by atoms with Crippen molar-refractivity contribution in [2.45, 2.75) is 0 Å². The molecule has 0 aliphatic rings. The van der Waals surface area contributed by atoms with Crippen molar-refractivity contribution in [1.29, 1.82) is 0 Å². The van der Waals surface area contributed by atoms with E-state index in [1.807, 2.05) is 78.9 Å². The zero-order valence-corrected chi connectivity index (χ0v) is 15.9. The minimum atomic E-state index is -0.516. The van der Waals surface area contributed by atoms with E-state index in [1.165, 1.54) is 0 Å². The van der Waals surface area contributed by atoms with E-state index in [4.69, 9.17) is 10.5 Å². The van der Waals surface area contributed by atoms with Crippen LogP contribution in [0.5, 0.6) is 5.75 Å². The number of ether oxygens (including phenoxy) is 1. The molecule has 142 valence electrons. The van der Waals surface area contributed by atoms with Crippen LogP contribution in [0.2, 0.25) is 0 Å². The Balaban J connectivity index is 1.94. The minimum absolute atomic E-state index is 0.399. The molecule has 5 heteroatoms. The maximum Gasteiger partial charge on any atom is 0.249 e. The van der Waals surface area contributed by atoms with E-state index in [-0.39, 0.29) is 0 Å². The number of nitrogens with two attached hydrogens (primary N) is 1. The van der Waals surface area contributed by atoms with Crippen molar-refractivity contribution >= 4 is 28.1 Å². The molecule has 0 aromatic heterocycles. The molecule has 0 fully saturated rings. The molecule has 0 spiro atoms. The normalized spacial score (nSPS) is 11.1. The molecule has 4 rings (SSSR count). The molecular formula is C24H19N3O2. The largest absolute Gasteiger partial charge is 0.497 e. The zero-order chi connectivity index (χ0) is 20.2. The molecule has 0 unspecified atom stereocenters. The molecule has 0 aliphatic heterocycles. The molecule has 5 nitrogen and oxygen atoms in total. The molecule has 4 aromatic carbocycles. The second-order valence-corrected chi connectivity index (χ2v) is 6.49. The summed E-state index contributed by atoms with van der Waals surface area (Å²) in [4.78, 5) is 12.3. The Morgan fingerprint density at radius 1 is 0.828 bits per heavy atom. The number of methoxy groups -OCH3 is 1. The summed E-state index contributed by atoms with van der Waals surface area (Å²) in [5.41, 5.74) is 9.11. The molecular weight excluding hydrogens is 362 g/mol. The first kappa shape index (κ1) is 18.4. The van der Waals surface area contributed by atoms with Crippen LogP contribution in [0, 0.1) is 0 Å². The first-order valence-electron chi connectivity index (χ1n) is 9.14. The molecule has 2 N–H and O–H groups in total. The maximum absolute atomic E-state index is 12.3. The number of azo groups is 1. The third-order valence-electron chi connectivity index (χ3n) is 4.70. The SMILES string of the molecule is COc1ccc(-c2c(C(N)=O)cc(N=Nc3ccccc3)c3ccccc23)cc1. The van der Waals surface area contributed by atoms with Crippen molar-refractivity contribution in [2.24, 2.45) is 16.0 Å². The number of nitrogens with zero attached hydrogens (tertiary/aromatic N) is 2. The summed E-state index contributed by atoms with van der Waals surface area (Å²) in [6.45, 7) is 0. The molecule has 0 aliphatic carbocycles. The van der Waals surface area contributed by atoms with Gasteiger partial charge in [-0.25, -0.2) is 0 Å². The number of fused-ring (bicyclic) bond motifs is 1. The van der Waals surface area contributed by atoms with Crippen LogP contribution < -0.4 is 10.5 Å². The lowest BCUT2D eigenvalue weighted by Crippen LogP contribution is -2.12. The second-order valence-electron chi connectivity index (χ2n) is 6.49. The van der Waals surface area contributed by atoms with E-state index >= 15 is 0 Å². The highest BCUT2D eigenvalue weighted by molar-refractivity contribution is 6.12. The molecule has 0 bridgehead atoms. The second kappa shape index (κ2) is 7.94. The molecule has 0 atom stereocenters. The fourth-order valence-electron chi connectivity index (χ4n) is 3.31. The van der Waals surface area contributed by atoms with Gasteiger partial charge in [0.1, 0.15) is 5.75 Å². The van der Waals surface area contributed by atoms with E-state index in [2.05, 4.69) is 10.2 Å². The molecule has 1 amide bonds. The van der Waals surface area contributed by atoms with Gasteiger partial charge in [-0.15, -0.1) is 5.11 Å². The summed E-state index contributed by atoms with van der Waals surface area (Å²) < 4.78 is 5.24. The van der Waals surface area contributed by atoms with E-state index in [1.54, 1.807) is 13.2 Å². The van der Waals surface area contributed by atoms with E-state index in [0.29, 0.717) is 11.3 Å². The first-order valence-corrected chi connectivity index (χ1v) is 9.14. The summed E-state index contributed by atoms with van der Waals surface area (Å²) >= 11 is 0. The van der Waals surface area contributed by atoms with Crippen LogP contribution in [0.1, 0.15) is 10.4 Å². The smallest absolute Gasteiger partial charge is 0.249 e. The van der Waals surface area contributed by atoms with Gasteiger partial charge in [0.25, 0.3) is 0 Å². The van der Waals surface area contributed by atoms with Gasteiger partial charge in [0.2, 0.25) is 5.91 Å². The van der Waals surface area contributed by atoms with Crippen molar-refractivity contribution in [3.8, 4) is 16.9 Å². The first-order chi connectivity index (χ1) is 14.2. The van der Waals surface area contributed by atoms with Gasteiger partial charge in [0.05, 0.1) is 18.5 Å². The fourth-order valence-corrected chi connectivity index (χ4v) is 3.31. The lowest BCUT2D eigenvalue weighted by molar-refractivity contribution is 0.100. The minimum Gasteiger partial charge on any atom is -0.497 e. The number of amides is 1. The van der Waals surface area contributed by atoms with Gasteiger partial charge in [-0.1, -0.05) is 54.6 Å². The molecule has 4 aromatic rings. The Morgan fingerprint density at radius 3 is 2.14 bits per heavy atom. The van der Waals surface area contributed by atoms with E-state index in [0.717, 1.165) is 33.3 Å². The van der Waals surface area contributed by atoms with Crippen LogP contribution in [0.25, 0.3) is 21.9 Å². The highest BCUT2D eigenvalue weighted by Crippen LogP contribution is 2.38. The average molecular weight is 381 g/mol. The van der Waals surface area contributed by atoms with Gasteiger partial charge in [0.15, 0.2) is 0 Å². The van der Waals surface area contributed by atoms with E-state index in [9.17, 15) is 4.79 Å². The molecule has 0 saturated heterocycles. The number of carbonyl (C=O) groups is 1. The maximum atomic E-state index is 12.3. The Labute approximate surface area is 168 Å². The van der Waals surface area contributed by atoms with E-state index < -0.39 is 5.91 Å². The predicted octanol–water partition coefficient (Wildman–Crippen LogP) is 6.03. The number of hydrogen-bond acceptors (Lipinski definition) is 4. The molecule has 29 heavy (non-hydrogen) atoms. The summed E-state index contributed by atoms with van der Waals surface area (Å²) in [6.07, 6.45) is 0. The van der Waals surface area contributed by atoms with Crippen molar-refractivity contribution in [2.75, 3.05) is 7.11 Å². The number of benzene rings is 4. The van der Waals surface area contributed by atoms with Crippen LogP contribution in [-0.2, 0) is 0 Å². The Bertz CT molecular complexity index is 1200. The van der Waals surface area contributed by atoms with Crippen molar-refractivity contribution < 1.29 is 9.53 Å². The average Bonchev–Trinajstić information content (AvgIpc) is 2.77. The van der Waals surface area contributed by atoms with Crippen LogP contribution in [0.15, 0.2) is 95.2 Å². The van der Waals surface area contributed by atoms with Crippen LogP contribution in [0.4, 0.5) is 11.4 Å². The van der Waals surface area contributed by atoms with Gasteiger partial charge in [-0.05, 0) is 41.3 Å². The fraction of sp³-hybridized carbons (Fsp3) is 0.0417. The lowest BCUT2D eigenvalue weighted by atomic mass is 9.92. The van der Waals surface area contributed by atoms with Crippen molar-refractivity contribution in [3.05, 3.63) is 90.5 Å². The van der Waals surface area contributed by atoms with Gasteiger partial charge in [0, 0.05) is 16.5 Å². The predicted molar refractivity (Wildman–Crippen MR) is 115 cm³/mol. The Hall–Kier alpha value is -3.99. The van der Waals surface area contributed by atoms with Crippen molar-refractivity contribution in [1.82, 2.24) is 0 Å². The summed E-state index contributed by atoms with van der Waals surface area (Å²) in [5, 5.41) is 10.5. The number of hydrogen-bond donors (Lipinski definition) is 1. The quantitative estimate of drug-likeness (QED) is 0.428. The molecule has 0 heterocycles. The van der Waals surface area contributed by atoms with Gasteiger partial charge in [-0.3, -0.25) is 4.79 Å². The van der Waals surface area contributed by atoms with Crippen LogP contribution >= 0.6 is 0 Å². The van der Waals surface area contributed by atoms with Gasteiger partial charge in [-0.2, -0.15) is 5.11 Å². The number of carbonyl (C=O) groups excluding carboxylic acids is 1. The number of rotatable bonds is 5. The molecule has 0 radical (unpaired) electrons. The van der Waals surface area contributed by atoms with Crippen LogP contribution in [-0.4, -0.2) is 13.0 Å². The Kier molecular flexibility index (Phi) is 5.03. The van der Waals surface area contributed by atoms with Gasteiger partial charge < -0.3 is 10.5 Å². The van der Waals surface area contributed by atoms with Crippen LogP contribution in [0.3, 0.4) is 0 Å². The standard InChI is InChI=1S/C24H19N3O2/c1-29-18-13-11-16(12-14-18)23-20-10-6-5-9-19(20)22(15-21(23)24(25)28)27-26-17-7-3-2-4-8-17/h2-15H,1H3,(H2,25,28). The third-order valence-corrected chi connectivity index (χ3v) is 4.70. The summed E-state index contributed by atoms with van der Waals surface area (Å²) in [6, 6.07) is 26.5. The monoisotopic (exact) mass is 381 g/mol. The highest BCUT2D eigenvalue weighted by Gasteiger charge is 2.17. The van der Waals surface area contributed by atoms with Gasteiger partial charge >= 0.3 is 0 Å². The lowest BCUT2D eigenvalue weighted by Gasteiger charge is -2.14. The molecule has 0 saturated carbocycles. The number of primary amides is 1. The third kappa shape index (κ3) is 3.71. The topological polar surface area (TPSA) is 77.0 Å². The summed E-state index contributed by atoms with van der Waals surface area (Å²) in [5.74, 6) is 0.227. The zero-order valence-electron chi connectivity index (χ0n) is 15.9. The Morgan fingerprint density at radius 2 is 1.48 bits per heavy atom. The van der Waals surface area contributed by atoms with Crippen molar-refractivity contribution in [3.63, 3.8) is 0 Å².